The molecule has 1 amide bonds. The molecule has 1 aliphatic rings. The second-order valence-corrected chi connectivity index (χ2v) is 7.69. The van der Waals surface area contributed by atoms with Gasteiger partial charge in [-0.2, -0.15) is 0 Å². The molecule has 0 bridgehead atoms. The molecule has 27 heavy (non-hydrogen) atoms. The van der Waals surface area contributed by atoms with Gasteiger partial charge in [-0.25, -0.2) is 4.68 Å². The van der Waals surface area contributed by atoms with Gasteiger partial charge in [0.2, 0.25) is 0 Å². The van der Waals surface area contributed by atoms with Gasteiger partial charge in [-0.3, -0.25) is 4.79 Å². The molecule has 3 aromatic rings. The molecule has 2 aromatic heterocycles. The fourth-order valence-corrected chi connectivity index (χ4v) is 4.06. The van der Waals surface area contributed by atoms with Crippen LogP contribution in [0.1, 0.15) is 33.6 Å². The number of hydrogen-bond acceptors (Lipinski definition) is 6. The summed E-state index contributed by atoms with van der Waals surface area (Å²) in [5, 5.41) is 13.3. The number of thiophene rings is 1. The zero-order valence-corrected chi connectivity index (χ0v) is 15.9. The SMILES string of the molecule is Cc1cc(C(=O)N(Cc2cccs2)CC2CCCO2)ccc1-n1cnnn1. The molecule has 1 unspecified atom stereocenters. The maximum absolute atomic E-state index is 13.2. The fraction of sp³-hybridized carbons (Fsp3) is 0.368. The zero-order valence-electron chi connectivity index (χ0n) is 15.1. The van der Waals surface area contributed by atoms with E-state index in [2.05, 4.69) is 21.6 Å². The number of hydrogen-bond donors (Lipinski definition) is 0. The Kier molecular flexibility index (Phi) is 5.26. The quantitative estimate of drug-likeness (QED) is 0.654. The van der Waals surface area contributed by atoms with Gasteiger partial charge in [0, 0.05) is 23.6 Å². The van der Waals surface area contributed by atoms with Crippen molar-refractivity contribution in [1.29, 1.82) is 0 Å². The van der Waals surface area contributed by atoms with Gasteiger partial charge in [0.15, 0.2) is 0 Å². The number of carbonyl (C=O) groups is 1. The Labute approximate surface area is 161 Å². The summed E-state index contributed by atoms with van der Waals surface area (Å²) in [4.78, 5) is 16.3. The van der Waals surface area contributed by atoms with E-state index in [1.165, 1.54) is 4.88 Å². The van der Waals surface area contributed by atoms with Crippen LogP contribution in [0.15, 0.2) is 42.0 Å². The first-order valence-corrected chi connectivity index (χ1v) is 9.86. The normalized spacial score (nSPS) is 16.6. The monoisotopic (exact) mass is 383 g/mol. The molecule has 1 saturated heterocycles. The molecule has 1 fully saturated rings. The van der Waals surface area contributed by atoms with E-state index < -0.39 is 0 Å². The highest BCUT2D eigenvalue weighted by Gasteiger charge is 2.24. The minimum absolute atomic E-state index is 0.0188. The zero-order chi connectivity index (χ0) is 18.6. The maximum atomic E-state index is 13.2. The number of nitrogens with zero attached hydrogens (tertiary/aromatic N) is 5. The van der Waals surface area contributed by atoms with Crippen LogP contribution in [0.4, 0.5) is 0 Å². The van der Waals surface area contributed by atoms with Crippen LogP contribution in [0.25, 0.3) is 5.69 Å². The second-order valence-electron chi connectivity index (χ2n) is 6.66. The van der Waals surface area contributed by atoms with Crippen molar-refractivity contribution in [3.63, 3.8) is 0 Å². The van der Waals surface area contributed by atoms with Crippen molar-refractivity contribution in [3.8, 4) is 5.69 Å². The van der Waals surface area contributed by atoms with Crippen molar-refractivity contribution in [2.45, 2.75) is 32.4 Å². The topological polar surface area (TPSA) is 73.1 Å². The Morgan fingerprint density at radius 3 is 3.00 bits per heavy atom. The van der Waals surface area contributed by atoms with Gasteiger partial charge in [0.25, 0.3) is 5.91 Å². The highest BCUT2D eigenvalue weighted by molar-refractivity contribution is 7.09. The molecule has 3 heterocycles. The van der Waals surface area contributed by atoms with Crippen LogP contribution in [0.3, 0.4) is 0 Å². The average Bonchev–Trinajstić information content (AvgIpc) is 3.43. The van der Waals surface area contributed by atoms with Gasteiger partial charge in [-0.1, -0.05) is 6.07 Å². The van der Waals surface area contributed by atoms with Gasteiger partial charge in [0.05, 0.1) is 18.3 Å². The number of amides is 1. The first kappa shape index (κ1) is 17.8. The molecule has 0 radical (unpaired) electrons. The van der Waals surface area contributed by atoms with Gasteiger partial charge in [-0.05, 0) is 65.4 Å². The standard InChI is InChI=1S/C19H21N5O2S/c1-14-10-15(6-7-18(14)24-13-20-21-22-24)19(25)23(11-16-4-2-8-26-16)12-17-5-3-9-27-17/h3,5-7,9-10,13,16H,2,4,8,11-12H2,1H3. The van der Waals surface area contributed by atoms with E-state index in [1.807, 2.05) is 41.5 Å². The van der Waals surface area contributed by atoms with Crippen molar-refractivity contribution in [2.75, 3.05) is 13.2 Å². The Morgan fingerprint density at radius 1 is 1.41 bits per heavy atom. The lowest BCUT2D eigenvalue weighted by atomic mass is 10.1. The summed E-state index contributed by atoms with van der Waals surface area (Å²) in [5.74, 6) is 0.0188. The molecular weight excluding hydrogens is 362 g/mol. The summed E-state index contributed by atoms with van der Waals surface area (Å²) in [6.45, 7) is 3.96. The predicted octanol–water partition coefficient (Wildman–Crippen LogP) is 2.85. The predicted molar refractivity (Wildman–Crippen MR) is 102 cm³/mol. The van der Waals surface area contributed by atoms with Crippen LogP contribution in [0.5, 0.6) is 0 Å². The third kappa shape index (κ3) is 4.06. The molecule has 0 aliphatic carbocycles. The first-order valence-electron chi connectivity index (χ1n) is 8.98. The lowest BCUT2D eigenvalue weighted by Crippen LogP contribution is -2.36. The van der Waals surface area contributed by atoms with Crippen molar-refractivity contribution in [1.82, 2.24) is 25.1 Å². The van der Waals surface area contributed by atoms with Gasteiger partial charge < -0.3 is 9.64 Å². The van der Waals surface area contributed by atoms with E-state index in [0.717, 1.165) is 30.7 Å². The molecule has 0 spiro atoms. The molecule has 4 rings (SSSR count). The van der Waals surface area contributed by atoms with Crippen LogP contribution in [-0.4, -0.2) is 50.3 Å². The Balaban J connectivity index is 1.57. The smallest absolute Gasteiger partial charge is 0.254 e. The summed E-state index contributed by atoms with van der Waals surface area (Å²) in [6.07, 6.45) is 3.73. The Hall–Kier alpha value is -2.58. The van der Waals surface area contributed by atoms with Crippen LogP contribution in [0, 0.1) is 6.92 Å². The number of aryl methyl sites for hydroxylation is 1. The maximum Gasteiger partial charge on any atom is 0.254 e. The van der Waals surface area contributed by atoms with E-state index in [9.17, 15) is 4.79 Å². The van der Waals surface area contributed by atoms with Gasteiger partial charge >= 0.3 is 0 Å². The number of aromatic nitrogens is 4. The third-order valence-corrected chi connectivity index (χ3v) is 5.56. The largest absolute Gasteiger partial charge is 0.376 e. The number of tetrazole rings is 1. The first-order chi connectivity index (χ1) is 13.2. The van der Waals surface area contributed by atoms with E-state index in [0.29, 0.717) is 18.7 Å². The molecule has 1 aliphatic heterocycles. The van der Waals surface area contributed by atoms with Crippen LogP contribution in [-0.2, 0) is 11.3 Å². The minimum atomic E-state index is 0.0188. The second kappa shape index (κ2) is 7.98. The lowest BCUT2D eigenvalue weighted by molar-refractivity contribution is 0.0509. The third-order valence-electron chi connectivity index (χ3n) is 4.70. The molecule has 0 saturated carbocycles. The summed E-state index contributed by atoms with van der Waals surface area (Å²) in [5.41, 5.74) is 2.47. The molecule has 1 atom stereocenters. The molecule has 1 aromatic carbocycles. The number of benzene rings is 1. The van der Waals surface area contributed by atoms with Crippen molar-refractivity contribution in [2.24, 2.45) is 0 Å². The minimum Gasteiger partial charge on any atom is -0.376 e. The lowest BCUT2D eigenvalue weighted by Gasteiger charge is -2.25. The summed E-state index contributed by atoms with van der Waals surface area (Å²) < 4.78 is 7.36. The van der Waals surface area contributed by atoms with E-state index in [-0.39, 0.29) is 12.0 Å². The van der Waals surface area contributed by atoms with Crippen LogP contribution in [0.2, 0.25) is 0 Å². The number of carbonyl (C=O) groups excluding carboxylic acids is 1. The molecule has 140 valence electrons. The van der Waals surface area contributed by atoms with E-state index >= 15 is 0 Å². The number of rotatable bonds is 6. The molecule has 7 nitrogen and oxygen atoms in total. The number of ether oxygens (including phenoxy) is 1. The van der Waals surface area contributed by atoms with Gasteiger partial charge in [0.1, 0.15) is 6.33 Å². The molecular formula is C19H21N5O2S. The average molecular weight is 383 g/mol. The van der Waals surface area contributed by atoms with Crippen LogP contribution < -0.4 is 0 Å². The highest BCUT2D eigenvalue weighted by atomic mass is 32.1. The van der Waals surface area contributed by atoms with Gasteiger partial charge in [-0.15, -0.1) is 16.4 Å². The van der Waals surface area contributed by atoms with Crippen molar-refractivity contribution < 1.29 is 9.53 Å². The fourth-order valence-electron chi connectivity index (χ4n) is 3.34. The summed E-state index contributed by atoms with van der Waals surface area (Å²) >= 11 is 1.67. The summed E-state index contributed by atoms with van der Waals surface area (Å²) in [6, 6.07) is 9.69. The van der Waals surface area contributed by atoms with Crippen molar-refractivity contribution >= 4 is 17.2 Å². The Morgan fingerprint density at radius 2 is 2.33 bits per heavy atom. The van der Waals surface area contributed by atoms with E-state index in [4.69, 9.17) is 4.74 Å². The molecule has 8 heteroatoms. The van der Waals surface area contributed by atoms with Crippen LogP contribution >= 0.6 is 11.3 Å². The highest BCUT2D eigenvalue weighted by Crippen LogP contribution is 2.21. The summed E-state index contributed by atoms with van der Waals surface area (Å²) in [7, 11) is 0. The Bertz CT molecular complexity index is 889. The van der Waals surface area contributed by atoms with E-state index in [1.54, 1.807) is 22.3 Å². The molecule has 0 N–H and O–H groups in total. The van der Waals surface area contributed by atoms with Crippen molar-refractivity contribution in [3.05, 3.63) is 58.0 Å².